The second-order valence-electron chi connectivity index (χ2n) is 12.7. The summed E-state index contributed by atoms with van der Waals surface area (Å²) in [5.41, 5.74) is 8.09. The molecule has 5 nitrogen and oxygen atoms in total. The molecular weight excluding hydrogens is 772 g/mol. The molecule has 48 heavy (non-hydrogen) atoms. The third kappa shape index (κ3) is 5.87. The van der Waals surface area contributed by atoms with Crippen LogP contribution in [0.3, 0.4) is 0 Å². The van der Waals surface area contributed by atoms with Crippen molar-refractivity contribution in [2.45, 2.75) is 26.2 Å². The van der Waals surface area contributed by atoms with Crippen LogP contribution in [0.1, 0.15) is 26.3 Å². The number of hydrogen-bond acceptors (Lipinski definition) is 3. The first-order valence-electron chi connectivity index (χ1n) is 15.8. The number of fused-ring (bicyclic) bond motifs is 3. The van der Waals surface area contributed by atoms with Crippen molar-refractivity contribution in [3.63, 3.8) is 0 Å². The molecule has 5 aromatic carbocycles. The summed E-state index contributed by atoms with van der Waals surface area (Å²) in [7, 11) is 0. The van der Waals surface area contributed by atoms with E-state index in [0.717, 1.165) is 55.7 Å². The zero-order valence-electron chi connectivity index (χ0n) is 26.8. The minimum absolute atomic E-state index is 0. The van der Waals surface area contributed by atoms with Crippen LogP contribution in [0.15, 0.2) is 140 Å². The van der Waals surface area contributed by atoms with E-state index in [1.54, 1.807) is 0 Å². The third-order valence-corrected chi connectivity index (χ3v) is 8.46. The Hall–Kier alpha value is -5.25. The minimum atomic E-state index is -0.00637. The maximum Gasteiger partial charge on any atom is 2.00 e. The topological polar surface area (TPSA) is 44.9 Å². The van der Waals surface area contributed by atoms with Crippen LogP contribution in [0, 0.1) is 12.1 Å². The molecule has 0 saturated carbocycles. The molecule has 0 saturated heterocycles. The van der Waals surface area contributed by atoms with E-state index in [9.17, 15) is 0 Å². The van der Waals surface area contributed by atoms with Crippen molar-refractivity contribution in [3.05, 3.63) is 157 Å². The fourth-order valence-electron chi connectivity index (χ4n) is 6.06. The molecule has 0 aliphatic rings. The van der Waals surface area contributed by atoms with E-state index in [1.165, 1.54) is 5.56 Å². The summed E-state index contributed by atoms with van der Waals surface area (Å²) in [5.74, 6) is 2.02. The fourth-order valence-corrected chi connectivity index (χ4v) is 6.06. The number of hydrogen-bond donors (Lipinski definition) is 0. The summed E-state index contributed by atoms with van der Waals surface area (Å²) in [4.78, 5) is 4.79. The molecule has 0 amide bonds. The normalized spacial score (nSPS) is 11.5. The van der Waals surface area contributed by atoms with Gasteiger partial charge in [-0.3, -0.25) is 4.68 Å². The van der Waals surface area contributed by atoms with Crippen LogP contribution in [0.25, 0.3) is 55.7 Å². The summed E-state index contributed by atoms with van der Waals surface area (Å²) in [6, 6.07) is 50.2. The Morgan fingerprint density at radius 3 is 2.15 bits per heavy atom. The standard InChI is InChI=1S/C42H32N4O.Pt/c1-42(2,3)31-23-24-43-40(25-31)46-38-20-11-10-19-35(38)36-22-21-34(27-39(36)46)47-33-18-12-17-32(26-33)45-28-37(29-13-6-4-7-14-29)41(44-45)30-15-8-5-9-16-30;/h4-25,28H,1-3H3;/q-2;+2. The van der Waals surface area contributed by atoms with Crippen LogP contribution in [0.5, 0.6) is 11.5 Å². The summed E-state index contributed by atoms with van der Waals surface area (Å²) in [6.07, 6.45) is 3.95. The van der Waals surface area contributed by atoms with E-state index in [-0.39, 0.29) is 26.5 Å². The van der Waals surface area contributed by atoms with Crippen molar-refractivity contribution in [3.8, 4) is 45.4 Å². The van der Waals surface area contributed by atoms with Crippen LogP contribution in [-0.4, -0.2) is 19.3 Å². The van der Waals surface area contributed by atoms with E-state index in [0.29, 0.717) is 11.5 Å². The fraction of sp³-hybridized carbons (Fsp3) is 0.0952. The summed E-state index contributed by atoms with van der Waals surface area (Å²) in [6.45, 7) is 6.65. The predicted octanol–water partition coefficient (Wildman–Crippen LogP) is 10.4. The smallest absolute Gasteiger partial charge is 0.509 e. The van der Waals surface area contributed by atoms with E-state index in [1.807, 2.05) is 71.5 Å². The van der Waals surface area contributed by atoms with Gasteiger partial charge in [-0.15, -0.1) is 35.7 Å². The van der Waals surface area contributed by atoms with Crippen molar-refractivity contribution >= 4 is 21.8 Å². The number of benzene rings is 5. The maximum atomic E-state index is 6.43. The van der Waals surface area contributed by atoms with E-state index < -0.39 is 0 Å². The number of para-hydroxylation sites is 1. The van der Waals surface area contributed by atoms with Crippen molar-refractivity contribution in [1.29, 1.82) is 0 Å². The van der Waals surface area contributed by atoms with Crippen LogP contribution in [-0.2, 0) is 26.5 Å². The molecule has 0 aliphatic heterocycles. The maximum absolute atomic E-state index is 6.43. The van der Waals surface area contributed by atoms with Crippen molar-refractivity contribution in [2.24, 2.45) is 0 Å². The van der Waals surface area contributed by atoms with Crippen molar-refractivity contribution < 1.29 is 25.8 Å². The molecule has 3 aromatic heterocycles. The largest absolute Gasteiger partial charge is 2.00 e. The van der Waals surface area contributed by atoms with Crippen molar-refractivity contribution in [2.75, 3.05) is 0 Å². The third-order valence-electron chi connectivity index (χ3n) is 8.46. The van der Waals surface area contributed by atoms with Gasteiger partial charge in [0.05, 0.1) is 0 Å². The van der Waals surface area contributed by atoms with Crippen molar-refractivity contribution in [1.82, 2.24) is 19.3 Å². The average Bonchev–Trinajstić information content (AvgIpc) is 3.69. The van der Waals surface area contributed by atoms with Gasteiger partial charge in [0, 0.05) is 40.5 Å². The monoisotopic (exact) mass is 803 g/mol. The zero-order chi connectivity index (χ0) is 32.0. The second kappa shape index (κ2) is 12.7. The van der Waals surface area contributed by atoms with Crippen LogP contribution in [0.2, 0.25) is 0 Å². The van der Waals surface area contributed by atoms with Gasteiger partial charge in [0.25, 0.3) is 0 Å². The first-order valence-corrected chi connectivity index (χ1v) is 15.8. The zero-order valence-corrected chi connectivity index (χ0v) is 29.1. The van der Waals surface area contributed by atoms with Gasteiger partial charge in [-0.1, -0.05) is 105 Å². The molecule has 0 bridgehead atoms. The number of rotatable bonds is 6. The van der Waals surface area contributed by atoms with Gasteiger partial charge in [0.1, 0.15) is 11.5 Å². The molecule has 236 valence electrons. The van der Waals surface area contributed by atoms with E-state index >= 15 is 0 Å². The molecule has 0 radical (unpaired) electrons. The Morgan fingerprint density at radius 1 is 0.667 bits per heavy atom. The van der Waals surface area contributed by atoms with Gasteiger partial charge in [-0.2, -0.15) is 17.2 Å². The number of ether oxygens (including phenoxy) is 1. The van der Waals surface area contributed by atoms with Crippen LogP contribution >= 0.6 is 0 Å². The Bertz CT molecular complexity index is 2310. The Labute approximate surface area is 294 Å². The first-order chi connectivity index (χ1) is 22.9. The quantitative estimate of drug-likeness (QED) is 0.157. The molecule has 6 heteroatoms. The Morgan fingerprint density at radius 2 is 1.38 bits per heavy atom. The molecular formula is C42H32N4OPt. The Balaban J connectivity index is 0.00000364. The summed E-state index contributed by atoms with van der Waals surface area (Å²) < 4.78 is 10.5. The first kappa shape index (κ1) is 31.4. The van der Waals surface area contributed by atoms with Crippen LogP contribution < -0.4 is 4.74 Å². The molecule has 0 N–H and O–H groups in total. The number of pyridine rings is 1. The van der Waals surface area contributed by atoms with Gasteiger partial charge in [-0.05, 0) is 45.8 Å². The SMILES string of the molecule is CC(C)(C)c1ccnc(-n2c3[c-]c(Oc4[c-]c(-n5cc(-c6ccccc6)c(-c6ccccc6)n5)ccc4)ccc3c3ccccc32)c1.[Pt+2]. The second-order valence-corrected chi connectivity index (χ2v) is 12.7. The number of aromatic nitrogens is 4. The van der Waals surface area contributed by atoms with E-state index in [4.69, 9.17) is 14.8 Å². The molecule has 8 rings (SSSR count). The molecule has 0 aliphatic carbocycles. The molecule has 0 unspecified atom stereocenters. The molecule has 0 atom stereocenters. The minimum Gasteiger partial charge on any atom is -0.509 e. The Kier molecular flexibility index (Phi) is 8.33. The van der Waals surface area contributed by atoms with E-state index in [2.05, 4.69) is 110 Å². The molecule has 0 spiro atoms. The average molecular weight is 804 g/mol. The van der Waals surface area contributed by atoms with Gasteiger partial charge >= 0.3 is 21.1 Å². The van der Waals surface area contributed by atoms with Gasteiger partial charge in [0.2, 0.25) is 0 Å². The van der Waals surface area contributed by atoms with Gasteiger partial charge in [-0.25, -0.2) is 4.98 Å². The van der Waals surface area contributed by atoms with Crippen LogP contribution in [0.4, 0.5) is 0 Å². The summed E-state index contributed by atoms with van der Waals surface area (Å²) >= 11 is 0. The van der Waals surface area contributed by atoms with Gasteiger partial charge < -0.3 is 9.30 Å². The predicted molar refractivity (Wildman–Crippen MR) is 189 cm³/mol. The molecule has 0 fully saturated rings. The molecule has 3 heterocycles. The number of nitrogens with zero attached hydrogens (tertiary/aromatic N) is 4. The van der Waals surface area contributed by atoms with Gasteiger partial charge in [0.15, 0.2) is 0 Å². The molecule has 8 aromatic rings. The summed E-state index contributed by atoms with van der Waals surface area (Å²) in [5, 5.41) is 7.25.